The van der Waals surface area contributed by atoms with Crippen molar-refractivity contribution in [3.8, 4) is 0 Å². The predicted octanol–water partition coefficient (Wildman–Crippen LogP) is 2.81. The smallest absolute Gasteiger partial charge is 0.238 e. The molecule has 1 saturated heterocycles. The third-order valence-electron chi connectivity index (χ3n) is 4.23. The Bertz CT molecular complexity index is 882. The molecular formula is C19H22N4O4S. The third kappa shape index (κ3) is 5.13. The Balaban J connectivity index is 1.48. The maximum atomic E-state index is 12.2. The zero-order valence-corrected chi connectivity index (χ0v) is 16.5. The number of anilines is 3. The summed E-state index contributed by atoms with van der Waals surface area (Å²) in [6, 6.07) is 8.84. The molecule has 1 atom stereocenters. The van der Waals surface area contributed by atoms with Gasteiger partial charge in [0.05, 0.1) is 11.0 Å². The topological polar surface area (TPSA) is 105 Å². The molecule has 1 aromatic carbocycles. The lowest BCUT2D eigenvalue weighted by Gasteiger charge is -2.17. The summed E-state index contributed by atoms with van der Waals surface area (Å²) in [5, 5.41) is 8.73. The number of carbonyl (C=O) groups is 3. The molecule has 3 rings (SSSR count). The van der Waals surface area contributed by atoms with Gasteiger partial charge in [-0.3, -0.25) is 14.4 Å². The van der Waals surface area contributed by atoms with Crippen LogP contribution in [0, 0.1) is 6.92 Å². The highest BCUT2D eigenvalue weighted by atomic mass is 32.2. The van der Waals surface area contributed by atoms with Crippen LogP contribution in [0.5, 0.6) is 0 Å². The quantitative estimate of drug-likeness (QED) is 0.738. The first-order chi connectivity index (χ1) is 13.4. The van der Waals surface area contributed by atoms with Crippen LogP contribution in [0.15, 0.2) is 34.9 Å². The lowest BCUT2D eigenvalue weighted by Crippen LogP contribution is -2.25. The molecule has 2 N–H and O–H groups in total. The van der Waals surface area contributed by atoms with Crippen LogP contribution in [0.25, 0.3) is 0 Å². The molecule has 2 heterocycles. The number of hydrogen-bond acceptors (Lipinski definition) is 6. The highest BCUT2D eigenvalue weighted by Crippen LogP contribution is 2.24. The molecular weight excluding hydrogens is 380 g/mol. The number of aromatic nitrogens is 1. The molecule has 1 fully saturated rings. The lowest BCUT2D eigenvalue weighted by molar-refractivity contribution is -0.117. The molecule has 0 radical (unpaired) electrons. The summed E-state index contributed by atoms with van der Waals surface area (Å²) in [7, 11) is 0. The highest BCUT2D eigenvalue weighted by Gasteiger charge is 2.22. The Morgan fingerprint density at radius 3 is 2.82 bits per heavy atom. The Kier molecular flexibility index (Phi) is 6.35. The van der Waals surface area contributed by atoms with Crippen LogP contribution in [0.2, 0.25) is 0 Å². The molecule has 3 amide bonds. The van der Waals surface area contributed by atoms with Gasteiger partial charge in [0.25, 0.3) is 0 Å². The Morgan fingerprint density at radius 2 is 2.14 bits per heavy atom. The third-order valence-corrected chi connectivity index (χ3v) is 5.37. The minimum absolute atomic E-state index is 0.0983. The SMILES string of the molecule is Cc1cc(NC(=O)C(C)SCC(=O)Nc2cccc(N3CCCC3=O)c2)no1. The van der Waals surface area contributed by atoms with E-state index < -0.39 is 5.25 Å². The van der Waals surface area contributed by atoms with Crippen molar-refractivity contribution in [3.05, 3.63) is 36.1 Å². The summed E-state index contributed by atoms with van der Waals surface area (Å²) >= 11 is 1.22. The summed E-state index contributed by atoms with van der Waals surface area (Å²) in [5.41, 5.74) is 1.40. The van der Waals surface area contributed by atoms with Crippen molar-refractivity contribution in [3.63, 3.8) is 0 Å². The number of amides is 3. The minimum Gasteiger partial charge on any atom is -0.360 e. The van der Waals surface area contributed by atoms with Crippen LogP contribution >= 0.6 is 11.8 Å². The largest absolute Gasteiger partial charge is 0.360 e. The highest BCUT2D eigenvalue weighted by molar-refractivity contribution is 8.01. The number of rotatable bonds is 7. The summed E-state index contributed by atoms with van der Waals surface area (Å²) in [6.45, 7) is 4.16. The van der Waals surface area contributed by atoms with E-state index in [-0.39, 0.29) is 23.5 Å². The number of nitrogens with one attached hydrogen (secondary N) is 2. The van der Waals surface area contributed by atoms with Crippen LogP contribution in [0.1, 0.15) is 25.5 Å². The molecule has 9 heteroatoms. The molecule has 1 aliphatic rings. The molecule has 1 aromatic heterocycles. The zero-order chi connectivity index (χ0) is 20.1. The van der Waals surface area contributed by atoms with Crippen LogP contribution < -0.4 is 15.5 Å². The summed E-state index contributed by atoms with van der Waals surface area (Å²) in [4.78, 5) is 38.0. The van der Waals surface area contributed by atoms with E-state index in [4.69, 9.17) is 4.52 Å². The van der Waals surface area contributed by atoms with Crippen LogP contribution in [0.3, 0.4) is 0 Å². The van der Waals surface area contributed by atoms with Crippen LogP contribution in [-0.2, 0) is 14.4 Å². The zero-order valence-electron chi connectivity index (χ0n) is 15.7. The number of nitrogens with zero attached hydrogens (tertiary/aromatic N) is 2. The van der Waals surface area contributed by atoms with Gasteiger partial charge in [0.15, 0.2) is 5.82 Å². The van der Waals surface area contributed by atoms with Crippen molar-refractivity contribution >= 4 is 46.7 Å². The maximum Gasteiger partial charge on any atom is 0.238 e. The molecule has 148 valence electrons. The fraction of sp³-hybridized carbons (Fsp3) is 0.368. The average Bonchev–Trinajstić information content (AvgIpc) is 3.27. The first kappa shape index (κ1) is 19.9. The van der Waals surface area contributed by atoms with Crippen LogP contribution in [0.4, 0.5) is 17.2 Å². The van der Waals surface area contributed by atoms with Gasteiger partial charge < -0.3 is 20.1 Å². The number of aryl methyl sites for hydroxylation is 1. The van der Waals surface area contributed by atoms with Gasteiger partial charge in [0, 0.05) is 30.4 Å². The van der Waals surface area contributed by atoms with Gasteiger partial charge in [-0.05, 0) is 38.5 Å². The predicted molar refractivity (Wildman–Crippen MR) is 108 cm³/mol. The molecule has 0 spiro atoms. The number of thioether (sulfide) groups is 1. The number of carbonyl (C=O) groups excluding carboxylic acids is 3. The van der Waals surface area contributed by atoms with Gasteiger partial charge in [0.1, 0.15) is 5.76 Å². The van der Waals surface area contributed by atoms with Gasteiger partial charge in [-0.15, -0.1) is 11.8 Å². The van der Waals surface area contributed by atoms with Crippen molar-refractivity contribution in [1.29, 1.82) is 0 Å². The van der Waals surface area contributed by atoms with E-state index in [1.807, 2.05) is 6.07 Å². The van der Waals surface area contributed by atoms with E-state index in [9.17, 15) is 14.4 Å². The van der Waals surface area contributed by atoms with E-state index in [0.29, 0.717) is 30.2 Å². The monoisotopic (exact) mass is 402 g/mol. The maximum absolute atomic E-state index is 12.2. The van der Waals surface area contributed by atoms with Crippen molar-refractivity contribution in [2.45, 2.75) is 31.9 Å². The summed E-state index contributed by atoms with van der Waals surface area (Å²) in [6.07, 6.45) is 1.40. The lowest BCUT2D eigenvalue weighted by atomic mass is 10.2. The van der Waals surface area contributed by atoms with E-state index in [1.165, 1.54) is 11.8 Å². The Hall–Kier alpha value is -2.81. The molecule has 28 heavy (non-hydrogen) atoms. The van der Waals surface area contributed by atoms with Crippen molar-refractivity contribution in [1.82, 2.24) is 5.16 Å². The summed E-state index contributed by atoms with van der Waals surface area (Å²) in [5.74, 6) is 0.716. The van der Waals surface area contributed by atoms with Gasteiger partial charge in [-0.25, -0.2) is 0 Å². The fourth-order valence-corrected chi connectivity index (χ4v) is 3.48. The standard InChI is InChI=1S/C19H22N4O4S/c1-12-9-16(22-27-12)21-19(26)13(2)28-11-17(24)20-14-5-3-6-15(10-14)23-8-4-7-18(23)25/h3,5-6,9-10,13H,4,7-8,11H2,1-2H3,(H,20,24)(H,21,22,26). The second kappa shape index (κ2) is 8.92. The van der Waals surface area contributed by atoms with Crippen LogP contribution in [-0.4, -0.2) is 40.4 Å². The number of benzene rings is 1. The van der Waals surface area contributed by atoms with Crippen molar-refractivity contribution in [2.24, 2.45) is 0 Å². The molecule has 0 saturated carbocycles. The Morgan fingerprint density at radius 1 is 1.32 bits per heavy atom. The minimum atomic E-state index is -0.434. The first-order valence-electron chi connectivity index (χ1n) is 8.98. The van der Waals surface area contributed by atoms with Gasteiger partial charge >= 0.3 is 0 Å². The second-order valence-corrected chi connectivity index (χ2v) is 7.84. The molecule has 1 unspecified atom stereocenters. The van der Waals surface area contributed by atoms with Gasteiger partial charge in [-0.1, -0.05) is 11.2 Å². The van der Waals surface area contributed by atoms with Crippen molar-refractivity contribution < 1.29 is 18.9 Å². The van der Waals surface area contributed by atoms with Crippen molar-refractivity contribution in [2.75, 3.05) is 27.8 Å². The molecule has 2 aromatic rings. The second-order valence-electron chi connectivity index (χ2n) is 6.51. The summed E-state index contributed by atoms with van der Waals surface area (Å²) < 4.78 is 4.90. The van der Waals surface area contributed by atoms with E-state index in [0.717, 1.165) is 12.1 Å². The fourth-order valence-electron chi connectivity index (χ4n) is 2.80. The average molecular weight is 402 g/mol. The Labute approximate surface area is 167 Å². The van der Waals surface area contributed by atoms with Gasteiger partial charge in [0.2, 0.25) is 17.7 Å². The van der Waals surface area contributed by atoms with E-state index >= 15 is 0 Å². The van der Waals surface area contributed by atoms with E-state index in [1.54, 1.807) is 43.0 Å². The molecule has 1 aliphatic heterocycles. The molecule has 8 nitrogen and oxygen atoms in total. The number of hydrogen-bond donors (Lipinski definition) is 2. The molecule has 0 bridgehead atoms. The molecule has 0 aliphatic carbocycles. The normalized spacial score (nSPS) is 14.8. The van der Waals surface area contributed by atoms with Gasteiger partial charge in [-0.2, -0.15) is 0 Å². The van der Waals surface area contributed by atoms with E-state index in [2.05, 4.69) is 15.8 Å². The first-order valence-corrected chi connectivity index (χ1v) is 10.0.